The SMILES string of the molecule is CCNC(=NCCCNC(=O)C1CCC1)NCCc1ncc(C)s1.I. The number of hydrogen-bond acceptors (Lipinski definition) is 4. The predicted octanol–water partition coefficient (Wildman–Crippen LogP) is 2.47. The van der Waals surface area contributed by atoms with Crippen LogP contribution >= 0.6 is 35.3 Å². The fourth-order valence-corrected chi connectivity index (χ4v) is 3.23. The molecule has 6 nitrogen and oxygen atoms in total. The average Bonchev–Trinajstić information content (AvgIpc) is 2.90. The third-order valence-corrected chi connectivity index (χ3v) is 5.00. The highest BCUT2D eigenvalue weighted by molar-refractivity contribution is 14.0. The van der Waals surface area contributed by atoms with Crippen molar-refractivity contribution in [3.8, 4) is 0 Å². The molecule has 0 aromatic carbocycles. The molecule has 0 atom stereocenters. The van der Waals surface area contributed by atoms with Gasteiger partial charge in [0.1, 0.15) is 0 Å². The second kappa shape index (κ2) is 12.5. The molecule has 2 rings (SSSR count). The molecule has 1 aliphatic rings. The molecule has 142 valence electrons. The number of hydrogen-bond donors (Lipinski definition) is 3. The topological polar surface area (TPSA) is 78.4 Å². The van der Waals surface area contributed by atoms with Gasteiger partial charge in [-0.2, -0.15) is 0 Å². The first-order chi connectivity index (χ1) is 11.7. The number of guanidine groups is 1. The van der Waals surface area contributed by atoms with Gasteiger partial charge < -0.3 is 16.0 Å². The van der Waals surface area contributed by atoms with E-state index in [0.29, 0.717) is 13.1 Å². The number of thiazole rings is 1. The zero-order chi connectivity index (χ0) is 17.2. The monoisotopic (exact) mass is 479 g/mol. The van der Waals surface area contributed by atoms with Crippen LogP contribution in [-0.4, -0.2) is 43.0 Å². The summed E-state index contributed by atoms with van der Waals surface area (Å²) in [7, 11) is 0. The van der Waals surface area contributed by atoms with Crippen molar-refractivity contribution in [2.75, 3.05) is 26.2 Å². The van der Waals surface area contributed by atoms with Gasteiger partial charge in [0, 0.05) is 49.6 Å². The van der Waals surface area contributed by atoms with Crippen LogP contribution in [0.1, 0.15) is 42.5 Å². The second-order valence-electron chi connectivity index (χ2n) is 6.07. The predicted molar refractivity (Wildman–Crippen MR) is 115 cm³/mol. The van der Waals surface area contributed by atoms with Crippen molar-refractivity contribution in [3.05, 3.63) is 16.1 Å². The Bertz CT molecular complexity index is 545. The Balaban J connectivity index is 0.00000312. The van der Waals surface area contributed by atoms with Gasteiger partial charge in [-0.15, -0.1) is 35.3 Å². The Kier molecular flexibility index (Phi) is 11.0. The summed E-state index contributed by atoms with van der Waals surface area (Å²) in [4.78, 5) is 21.9. The van der Waals surface area contributed by atoms with Crippen LogP contribution in [0.5, 0.6) is 0 Å². The average molecular weight is 479 g/mol. The summed E-state index contributed by atoms with van der Waals surface area (Å²) in [6.07, 6.45) is 6.98. The smallest absolute Gasteiger partial charge is 0.223 e. The molecule has 0 spiro atoms. The number of amides is 1. The Morgan fingerprint density at radius 2 is 2.12 bits per heavy atom. The molecule has 1 amide bonds. The molecular weight excluding hydrogens is 449 g/mol. The quantitative estimate of drug-likeness (QED) is 0.220. The summed E-state index contributed by atoms with van der Waals surface area (Å²) in [6, 6.07) is 0. The van der Waals surface area contributed by atoms with Crippen LogP contribution in [0.4, 0.5) is 0 Å². The lowest BCUT2D eigenvalue weighted by Crippen LogP contribution is -2.38. The van der Waals surface area contributed by atoms with Gasteiger partial charge in [-0.3, -0.25) is 9.79 Å². The van der Waals surface area contributed by atoms with Gasteiger partial charge >= 0.3 is 0 Å². The zero-order valence-corrected chi connectivity index (χ0v) is 18.3. The van der Waals surface area contributed by atoms with E-state index in [1.807, 2.05) is 6.20 Å². The van der Waals surface area contributed by atoms with Crippen LogP contribution in [0.25, 0.3) is 0 Å². The van der Waals surface area contributed by atoms with E-state index in [1.54, 1.807) is 11.3 Å². The third-order valence-electron chi connectivity index (χ3n) is 4.02. The highest BCUT2D eigenvalue weighted by Gasteiger charge is 2.24. The van der Waals surface area contributed by atoms with E-state index in [-0.39, 0.29) is 35.8 Å². The van der Waals surface area contributed by atoms with Crippen molar-refractivity contribution < 1.29 is 4.79 Å². The number of carbonyl (C=O) groups excluding carboxylic acids is 1. The number of nitrogens with zero attached hydrogens (tertiary/aromatic N) is 2. The summed E-state index contributed by atoms with van der Waals surface area (Å²) < 4.78 is 0. The zero-order valence-electron chi connectivity index (χ0n) is 15.1. The molecule has 0 aliphatic heterocycles. The number of aliphatic imine (C=N–C) groups is 1. The van der Waals surface area contributed by atoms with E-state index in [0.717, 1.165) is 49.7 Å². The van der Waals surface area contributed by atoms with Gasteiger partial charge in [-0.25, -0.2) is 4.98 Å². The normalized spacial score (nSPS) is 14.4. The standard InChI is InChI=1S/C17H29N5OS.HI/c1-3-18-17(21-11-8-15-22-12-13(2)24-15)20-10-5-9-19-16(23)14-6-4-7-14;/h12,14H,3-11H2,1-2H3,(H,19,23)(H2,18,20,21);1H. The highest BCUT2D eigenvalue weighted by Crippen LogP contribution is 2.25. The maximum absolute atomic E-state index is 11.7. The lowest BCUT2D eigenvalue weighted by Gasteiger charge is -2.23. The van der Waals surface area contributed by atoms with Gasteiger partial charge in [-0.05, 0) is 33.1 Å². The summed E-state index contributed by atoms with van der Waals surface area (Å²) in [6.45, 7) is 7.19. The number of halogens is 1. The van der Waals surface area contributed by atoms with E-state index in [4.69, 9.17) is 0 Å². The lowest BCUT2D eigenvalue weighted by molar-refractivity contribution is -0.127. The number of carbonyl (C=O) groups is 1. The summed E-state index contributed by atoms with van der Waals surface area (Å²) in [5.74, 6) is 1.31. The van der Waals surface area contributed by atoms with Crippen molar-refractivity contribution in [3.63, 3.8) is 0 Å². The van der Waals surface area contributed by atoms with Gasteiger partial charge in [0.25, 0.3) is 0 Å². The maximum atomic E-state index is 11.7. The summed E-state index contributed by atoms with van der Waals surface area (Å²) in [5, 5.41) is 10.7. The Labute approximate surface area is 171 Å². The van der Waals surface area contributed by atoms with Crippen molar-refractivity contribution in [2.45, 2.75) is 46.0 Å². The van der Waals surface area contributed by atoms with Crippen LogP contribution in [0.3, 0.4) is 0 Å². The third kappa shape index (κ3) is 8.35. The van der Waals surface area contributed by atoms with Crippen molar-refractivity contribution >= 4 is 47.2 Å². The van der Waals surface area contributed by atoms with Gasteiger partial charge in [0.15, 0.2) is 5.96 Å². The minimum atomic E-state index is 0. The Morgan fingerprint density at radius 1 is 1.32 bits per heavy atom. The van der Waals surface area contributed by atoms with Crippen molar-refractivity contribution in [1.82, 2.24) is 20.9 Å². The number of rotatable bonds is 9. The van der Waals surface area contributed by atoms with E-state index in [1.165, 1.54) is 11.3 Å². The molecule has 1 fully saturated rings. The molecule has 25 heavy (non-hydrogen) atoms. The van der Waals surface area contributed by atoms with E-state index >= 15 is 0 Å². The molecular formula is C17H30IN5OS. The summed E-state index contributed by atoms with van der Waals surface area (Å²) >= 11 is 1.74. The Morgan fingerprint density at radius 3 is 2.72 bits per heavy atom. The molecule has 8 heteroatoms. The van der Waals surface area contributed by atoms with Crippen LogP contribution in [0, 0.1) is 12.8 Å². The van der Waals surface area contributed by atoms with Gasteiger partial charge in [-0.1, -0.05) is 6.42 Å². The molecule has 0 bridgehead atoms. The first-order valence-electron chi connectivity index (χ1n) is 8.90. The molecule has 1 aromatic rings. The molecule has 1 heterocycles. The van der Waals surface area contributed by atoms with Crippen LogP contribution in [0.2, 0.25) is 0 Å². The fourth-order valence-electron chi connectivity index (χ4n) is 2.44. The number of aromatic nitrogens is 1. The molecule has 1 aliphatic carbocycles. The second-order valence-corrected chi connectivity index (χ2v) is 7.39. The largest absolute Gasteiger partial charge is 0.357 e. The molecule has 1 aromatic heterocycles. The van der Waals surface area contributed by atoms with Crippen LogP contribution in [0.15, 0.2) is 11.2 Å². The molecule has 3 N–H and O–H groups in total. The lowest BCUT2D eigenvalue weighted by atomic mass is 9.85. The molecule has 0 unspecified atom stereocenters. The minimum absolute atomic E-state index is 0. The highest BCUT2D eigenvalue weighted by atomic mass is 127. The van der Waals surface area contributed by atoms with Crippen molar-refractivity contribution in [2.24, 2.45) is 10.9 Å². The Hall–Kier alpha value is -0.900. The van der Waals surface area contributed by atoms with Crippen LogP contribution < -0.4 is 16.0 Å². The fraction of sp³-hybridized carbons (Fsp3) is 0.706. The summed E-state index contributed by atoms with van der Waals surface area (Å²) in [5.41, 5.74) is 0. The van der Waals surface area contributed by atoms with Crippen molar-refractivity contribution in [1.29, 1.82) is 0 Å². The number of aryl methyl sites for hydroxylation is 1. The molecule has 0 radical (unpaired) electrons. The first kappa shape index (κ1) is 22.1. The minimum Gasteiger partial charge on any atom is -0.357 e. The van der Waals surface area contributed by atoms with Crippen LogP contribution in [-0.2, 0) is 11.2 Å². The van der Waals surface area contributed by atoms with E-state index in [9.17, 15) is 4.79 Å². The molecule has 1 saturated carbocycles. The molecule has 0 saturated heterocycles. The maximum Gasteiger partial charge on any atom is 0.223 e. The van der Waals surface area contributed by atoms with Gasteiger partial charge in [0.05, 0.1) is 5.01 Å². The van der Waals surface area contributed by atoms with E-state index < -0.39 is 0 Å². The first-order valence-corrected chi connectivity index (χ1v) is 9.72. The number of nitrogens with one attached hydrogen (secondary N) is 3. The van der Waals surface area contributed by atoms with Gasteiger partial charge in [0.2, 0.25) is 5.91 Å². The van der Waals surface area contributed by atoms with E-state index in [2.05, 4.69) is 39.8 Å².